The van der Waals surface area contributed by atoms with E-state index in [2.05, 4.69) is 23.5 Å². The van der Waals surface area contributed by atoms with Crippen LogP contribution in [0.15, 0.2) is 48.5 Å². The number of benzene rings is 2. The number of hydrogen-bond donors (Lipinski definition) is 1. The summed E-state index contributed by atoms with van der Waals surface area (Å²) in [5, 5.41) is 3.71. The molecule has 5 rings (SSSR count). The molecule has 1 N–H and O–H groups in total. The molecule has 2 aliphatic rings. The van der Waals surface area contributed by atoms with Crippen LogP contribution in [0.5, 0.6) is 0 Å². The lowest BCUT2D eigenvalue weighted by Crippen LogP contribution is -2.41. The Balaban J connectivity index is 1.43. The number of anilines is 1. The maximum absolute atomic E-state index is 13.5. The fourth-order valence-corrected chi connectivity index (χ4v) is 5.96. The summed E-state index contributed by atoms with van der Waals surface area (Å²) in [5.74, 6) is -0.133. The number of amides is 2. The summed E-state index contributed by atoms with van der Waals surface area (Å²) in [6.45, 7) is 4.19. The van der Waals surface area contributed by atoms with Crippen LogP contribution in [0, 0.1) is 6.92 Å². The summed E-state index contributed by atoms with van der Waals surface area (Å²) < 4.78 is 5.42. The van der Waals surface area contributed by atoms with E-state index in [4.69, 9.17) is 4.74 Å². The fraction of sp³-hybridized carbons (Fsp3) is 0.333. The molecule has 1 aliphatic heterocycles. The van der Waals surface area contributed by atoms with E-state index in [1.807, 2.05) is 42.2 Å². The van der Waals surface area contributed by atoms with Crippen molar-refractivity contribution in [1.29, 1.82) is 0 Å². The number of aryl methyl sites for hydroxylation is 2. The molecular formula is C27H28N2O3S. The van der Waals surface area contributed by atoms with Gasteiger partial charge >= 0.3 is 0 Å². The number of hydrogen-bond acceptors (Lipinski definition) is 4. The van der Waals surface area contributed by atoms with E-state index >= 15 is 0 Å². The first kappa shape index (κ1) is 21.9. The summed E-state index contributed by atoms with van der Waals surface area (Å²) >= 11 is 1.48. The van der Waals surface area contributed by atoms with Crippen molar-refractivity contribution in [2.75, 3.05) is 31.6 Å². The first-order valence-corrected chi connectivity index (χ1v) is 12.4. The van der Waals surface area contributed by atoms with Crippen molar-refractivity contribution in [3.05, 3.63) is 76.3 Å². The minimum atomic E-state index is -0.0927. The quantitative estimate of drug-likeness (QED) is 0.591. The Morgan fingerprint density at radius 2 is 1.79 bits per heavy atom. The molecule has 170 valence electrons. The van der Waals surface area contributed by atoms with E-state index < -0.39 is 0 Å². The SMILES string of the molecule is Cc1c(-c2ccccc2)sc(NC(=O)Cc2ccc3c(c2)CCC3)c1C(=O)N1CCOCC1. The van der Waals surface area contributed by atoms with Crippen LogP contribution in [-0.4, -0.2) is 43.0 Å². The predicted molar refractivity (Wildman–Crippen MR) is 132 cm³/mol. The first-order chi connectivity index (χ1) is 16.1. The van der Waals surface area contributed by atoms with Gasteiger partial charge in [-0.15, -0.1) is 11.3 Å². The zero-order valence-electron chi connectivity index (χ0n) is 18.9. The second kappa shape index (κ2) is 9.49. The molecule has 1 aliphatic carbocycles. The number of carbonyl (C=O) groups is 2. The number of fused-ring (bicyclic) bond motifs is 1. The number of thiophene rings is 1. The zero-order valence-corrected chi connectivity index (χ0v) is 19.7. The highest BCUT2D eigenvalue weighted by molar-refractivity contribution is 7.20. The van der Waals surface area contributed by atoms with E-state index in [1.54, 1.807) is 0 Å². The van der Waals surface area contributed by atoms with Gasteiger partial charge in [0.15, 0.2) is 0 Å². The van der Waals surface area contributed by atoms with Crippen LogP contribution >= 0.6 is 11.3 Å². The highest BCUT2D eigenvalue weighted by Crippen LogP contribution is 2.40. The molecule has 0 bridgehead atoms. The van der Waals surface area contributed by atoms with E-state index in [0.29, 0.717) is 43.3 Å². The molecule has 2 aromatic carbocycles. The monoisotopic (exact) mass is 460 g/mol. The second-order valence-electron chi connectivity index (χ2n) is 8.71. The van der Waals surface area contributed by atoms with Crippen molar-refractivity contribution in [2.45, 2.75) is 32.6 Å². The Morgan fingerprint density at radius 1 is 1.03 bits per heavy atom. The first-order valence-electron chi connectivity index (χ1n) is 11.6. The lowest BCUT2D eigenvalue weighted by Gasteiger charge is -2.27. The highest BCUT2D eigenvalue weighted by atomic mass is 32.1. The van der Waals surface area contributed by atoms with Crippen molar-refractivity contribution in [3.8, 4) is 10.4 Å². The van der Waals surface area contributed by atoms with E-state index in [0.717, 1.165) is 34.4 Å². The van der Waals surface area contributed by atoms with Gasteiger partial charge in [-0.1, -0.05) is 48.5 Å². The van der Waals surface area contributed by atoms with Crippen molar-refractivity contribution >= 4 is 28.2 Å². The maximum Gasteiger partial charge on any atom is 0.257 e. The van der Waals surface area contributed by atoms with Gasteiger partial charge < -0.3 is 15.0 Å². The summed E-state index contributed by atoms with van der Waals surface area (Å²) in [5.41, 5.74) is 6.35. The Labute approximate surface area is 198 Å². The molecule has 33 heavy (non-hydrogen) atoms. The van der Waals surface area contributed by atoms with Crippen LogP contribution < -0.4 is 5.32 Å². The Kier molecular flexibility index (Phi) is 6.29. The molecule has 0 saturated carbocycles. The number of morpholine rings is 1. The number of nitrogens with zero attached hydrogens (tertiary/aromatic N) is 1. The fourth-order valence-electron chi connectivity index (χ4n) is 4.74. The van der Waals surface area contributed by atoms with Crippen molar-refractivity contribution in [3.63, 3.8) is 0 Å². The van der Waals surface area contributed by atoms with Gasteiger partial charge in [0, 0.05) is 18.0 Å². The van der Waals surface area contributed by atoms with Crippen LogP contribution in [0.3, 0.4) is 0 Å². The zero-order chi connectivity index (χ0) is 22.8. The molecule has 3 aromatic rings. The highest BCUT2D eigenvalue weighted by Gasteiger charge is 2.28. The van der Waals surface area contributed by atoms with E-state index in [1.165, 1.54) is 28.9 Å². The molecule has 2 amide bonds. The number of nitrogens with one attached hydrogen (secondary N) is 1. The third kappa shape index (κ3) is 4.59. The third-order valence-corrected chi connectivity index (χ3v) is 7.73. The van der Waals surface area contributed by atoms with Gasteiger partial charge in [0.1, 0.15) is 5.00 Å². The summed E-state index contributed by atoms with van der Waals surface area (Å²) in [4.78, 5) is 29.4. The average molecular weight is 461 g/mol. The Morgan fingerprint density at radius 3 is 2.58 bits per heavy atom. The summed E-state index contributed by atoms with van der Waals surface area (Å²) in [7, 11) is 0. The van der Waals surface area contributed by atoms with Gasteiger partial charge in [-0.2, -0.15) is 0 Å². The molecule has 0 radical (unpaired) electrons. The molecule has 5 nitrogen and oxygen atoms in total. The molecule has 1 saturated heterocycles. The van der Waals surface area contributed by atoms with Crippen LogP contribution in [0.4, 0.5) is 5.00 Å². The standard InChI is InChI=1S/C27H28N2O3S/c1-18-24(27(31)29-12-14-32-15-13-29)26(33-25(18)21-6-3-2-4-7-21)28-23(30)17-19-10-11-20-8-5-9-22(20)16-19/h2-4,6-7,10-11,16H,5,8-9,12-15,17H2,1H3,(H,28,30). The van der Waals surface area contributed by atoms with Gasteiger partial charge in [0.25, 0.3) is 5.91 Å². The molecule has 0 unspecified atom stereocenters. The molecule has 1 fully saturated rings. The lowest BCUT2D eigenvalue weighted by atomic mass is 10.0. The molecule has 2 heterocycles. The number of carbonyl (C=O) groups excluding carboxylic acids is 2. The third-order valence-electron chi connectivity index (χ3n) is 6.48. The van der Waals surface area contributed by atoms with Gasteiger partial charge in [-0.05, 0) is 54.0 Å². The van der Waals surface area contributed by atoms with Crippen molar-refractivity contribution in [2.24, 2.45) is 0 Å². The van der Waals surface area contributed by atoms with Crippen molar-refractivity contribution < 1.29 is 14.3 Å². The molecule has 1 aromatic heterocycles. The van der Waals surface area contributed by atoms with Crippen LogP contribution in [-0.2, 0) is 28.8 Å². The second-order valence-corrected chi connectivity index (χ2v) is 9.73. The largest absolute Gasteiger partial charge is 0.378 e. The predicted octanol–water partition coefficient (Wildman–Crippen LogP) is 4.87. The smallest absolute Gasteiger partial charge is 0.257 e. The lowest BCUT2D eigenvalue weighted by molar-refractivity contribution is -0.115. The van der Waals surface area contributed by atoms with E-state index in [-0.39, 0.29) is 11.8 Å². The van der Waals surface area contributed by atoms with Gasteiger partial charge in [-0.25, -0.2) is 0 Å². The van der Waals surface area contributed by atoms with Crippen LogP contribution in [0.1, 0.15) is 39.0 Å². The van der Waals surface area contributed by atoms with Gasteiger partial charge in [0.05, 0.1) is 25.2 Å². The number of rotatable bonds is 5. The topological polar surface area (TPSA) is 58.6 Å². The maximum atomic E-state index is 13.5. The average Bonchev–Trinajstić information content (AvgIpc) is 3.43. The molecule has 0 atom stereocenters. The molecular weight excluding hydrogens is 432 g/mol. The van der Waals surface area contributed by atoms with Crippen LogP contribution in [0.25, 0.3) is 10.4 Å². The Hall–Kier alpha value is -2.96. The minimum absolute atomic E-state index is 0.0398. The van der Waals surface area contributed by atoms with E-state index in [9.17, 15) is 9.59 Å². The molecule has 0 spiro atoms. The van der Waals surface area contributed by atoms with Gasteiger partial charge in [-0.3, -0.25) is 9.59 Å². The molecule has 6 heteroatoms. The number of ether oxygens (including phenoxy) is 1. The summed E-state index contributed by atoms with van der Waals surface area (Å²) in [6, 6.07) is 16.4. The minimum Gasteiger partial charge on any atom is -0.378 e. The van der Waals surface area contributed by atoms with Gasteiger partial charge in [0.2, 0.25) is 5.91 Å². The summed E-state index contributed by atoms with van der Waals surface area (Å²) in [6.07, 6.45) is 3.71. The van der Waals surface area contributed by atoms with Crippen LogP contribution in [0.2, 0.25) is 0 Å². The Bertz CT molecular complexity index is 1180. The van der Waals surface area contributed by atoms with Crippen molar-refractivity contribution in [1.82, 2.24) is 4.90 Å². The normalized spacial score (nSPS) is 15.4.